The van der Waals surface area contributed by atoms with Crippen LogP contribution in [0.15, 0.2) is 41.8 Å². The highest BCUT2D eigenvalue weighted by Crippen LogP contribution is 2.20. The first-order chi connectivity index (χ1) is 11.3. The van der Waals surface area contributed by atoms with Crippen LogP contribution in [0.3, 0.4) is 0 Å². The van der Waals surface area contributed by atoms with E-state index >= 15 is 0 Å². The van der Waals surface area contributed by atoms with Crippen molar-refractivity contribution in [2.75, 3.05) is 20.2 Å². The van der Waals surface area contributed by atoms with Gasteiger partial charge in [-0.3, -0.25) is 4.79 Å². The fourth-order valence-electron chi connectivity index (χ4n) is 3.03. The van der Waals surface area contributed by atoms with Gasteiger partial charge in [-0.05, 0) is 41.8 Å². The number of hydrogen-bond donors (Lipinski definition) is 1. The third kappa shape index (κ3) is 4.09. The summed E-state index contributed by atoms with van der Waals surface area (Å²) in [5, 5.41) is 2.01. The van der Waals surface area contributed by atoms with E-state index in [-0.39, 0.29) is 5.78 Å². The van der Waals surface area contributed by atoms with Gasteiger partial charge >= 0.3 is 0 Å². The molecule has 23 heavy (non-hydrogen) atoms. The number of ketones is 1. The van der Waals surface area contributed by atoms with Crippen molar-refractivity contribution in [2.45, 2.75) is 19.4 Å². The monoisotopic (exact) mass is 328 g/mol. The van der Waals surface area contributed by atoms with E-state index in [0.29, 0.717) is 0 Å². The summed E-state index contributed by atoms with van der Waals surface area (Å²) in [6, 6.07) is 9.74. The van der Waals surface area contributed by atoms with Gasteiger partial charge in [0, 0.05) is 28.8 Å². The number of thiophene rings is 1. The maximum atomic E-state index is 12.4. The number of benzene rings is 1. The molecule has 1 aromatic carbocycles. The van der Waals surface area contributed by atoms with Crippen LogP contribution in [0.1, 0.15) is 33.6 Å². The van der Waals surface area contributed by atoms with E-state index in [1.807, 2.05) is 41.8 Å². The van der Waals surface area contributed by atoms with Crippen LogP contribution < -0.4 is 9.64 Å². The van der Waals surface area contributed by atoms with E-state index in [1.54, 1.807) is 29.4 Å². The number of ether oxygens (including phenoxy) is 1. The third-order valence-corrected chi connectivity index (χ3v) is 5.10. The highest BCUT2D eigenvalue weighted by atomic mass is 32.1. The molecule has 2 aromatic rings. The van der Waals surface area contributed by atoms with E-state index in [0.717, 1.165) is 28.3 Å². The zero-order chi connectivity index (χ0) is 16.1. The number of methoxy groups -OCH3 is 1. The number of nitrogens with one attached hydrogen (secondary N) is 1. The van der Waals surface area contributed by atoms with Crippen molar-refractivity contribution in [3.05, 3.63) is 57.8 Å². The van der Waals surface area contributed by atoms with Crippen molar-refractivity contribution >= 4 is 23.2 Å². The standard InChI is InChI=1S/C19H21NO2S/c1-22-19-9-6-15(13-16(19)14-20-10-2-3-11-20)18(21)8-7-17-5-4-12-23-17/h4-9,12-13H,2-3,10-11,14H2,1H3/p+1/b8-7+. The molecule has 4 heteroatoms. The Morgan fingerprint density at radius 3 is 2.83 bits per heavy atom. The van der Waals surface area contributed by atoms with E-state index in [9.17, 15) is 4.79 Å². The molecular formula is C19H22NO2S+. The van der Waals surface area contributed by atoms with Crippen molar-refractivity contribution in [2.24, 2.45) is 0 Å². The van der Waals surface area contributed by atoms with Crippen LogP contribution in [0.25, 0.3) is 6.08 Å². The van der Waals surface area contributed by atoms with Gasteiger partial charge in [0.25, 0.3) is 0 Å². The first-order valence-electron chi connectivity index (χ1n) is 8.02. The Morgan fingerprint density at radius 2 is 2.13 bits per heavy atom. The molecule has 0 atom stereocenters. The number of carbonyl (C=O) groups is 1. The van der Waals surface area contributed by atoms with Crippen LogP contribution in [-0.4, -0.2) is 26.0 Å². The van der Waals surface area contributed by atoms with Crippen molar-refractivity contribution in [1.29, 1.82) is 0 Å². The molecule has 0 amide bonds. The Morgan fingerprint density at radius 1 is 1.30 bits per heavy atom. The summed E-state index contributed by atoms with van der Waals surface area (Å²) in [5.74, 6) is 0.918. The molecule has 1 fully saturated rings. The first kappa shape index (κ1) is 16.0. The van der Waals surface area contributed by atoms with Crippen molar-refractivity contribution in [1.82, 2.24) is 0 Å². The highest BCUT2D eigenvalue weighted by molar-refractivity contribution is 7.10. The molecule has 1 aromatic heterocycles. The van der Waals surface area contributed by atoms with Gasteiger partial charge in [0.15, 0.2) is 5.78 Å². The fourth-order valence-corrected chi connectivity index (χ4v) is 3.65. The summed E-state index contributed by atoms with van der Waals surface area (Å²) in [6.45, 7) is 3.35. The number of allylic oxidation sites excluding steroid dienone is 1. The summed E-state index contributed by atoms with van der Waals surface area (Å²) in [4.78, 5) is 15.1. The van der Waals surface area contributed by atoms with Crippen LogP contribution in [-0.2, 0) is 6.54 Å². The molecular weight excluding hydrogens is 306 g/mol. The van der Waals surface area contributed by atoms with Crippen LogP contribution in [0.2, 0.25) is 0 Å². The van der Waals surface area contributed by atoms with E-state index in [1.165, 1.54) is 25.9 Å². The summed E-state index contributed by atoms with van der Waals surface area (Å²) < 4.78 is 5.47. The molecule has 3 nitrogen and oxygen atoms in total. The highest BCUT2D eigenvalue weighted by Gasteiger charge is 2.18. The maximum absolute atomic E-state index is 12.4. The number of quaternary nitrogens is 1. The van der Waals surface area contributed by atoms with Gasteiger partial charge in [-0.25, -0.2) is 0 Å². The Labute approximate surface area is 141 Å². The molecule has 1 N–H and O–H groups in total. The minimum Gasteiger partial charge on any atom is -0.496 e. The number of rotatable bonds is 6. The second kappa shape index (κ2) is 7.57. The second-order valence-corrected chi connectivity index (χ2v) is 6.85. The van der Waals surface area contributed by atoms with E-state index in [2.05, 4.69) is 0 Å². The molecule has 1 aliphatic heterocycles. The third-order valence-electron chi connectivity index (χ3n) is 4.26. The molecule has 0 unspecified atom stereocenters. The molecule has 0 aliphatic carbocycles. The SMILES string of the molecule is COc1ccc(C(=O)/C=C/c2cccs2)cc1C[NH+]1CCCC1. The van der Waals surface area contributed by atoms with Gasteiger partial charge < -0.3 is 9.64 Å². The van der Waals surface area contributed by atoms with Gasteiger partial charge in [-0.15, -0.1) is 11.3 Å². The second-order valence-electron chi connectivity index (χ2n) is 5.87. The topological polar surface area (TPSA) is 30.7 Å². The molecule has 120 valence electrons. The molecule has 0 radical (unpaired) electrons. The minimum absolute atomic E-state index is 0.0405. The molecule has 0 bridgehead atoms. The van der Waals surface area contributed by atoms with Crippen molar-refractivity contribution < 1.29 is 14.4 Å². The summed E-state index contributed by atoms with van der Waals surface area (Å²) in [7, 11) is 1.69. The zero-order valence-corrected chi connectivity index (χ0v) is 14.2. The minimum atomic E-state index is 0.0405. The van der Waals surface area contributed by atoms with Gasteiger partial charge in [0.1, 0.15) is 12.3 Å². The summed E-state index contributed by atoms with van der Waals surface area (Å²) in [5.41, 5.74) is 1.85. The molecule has 3 rings (SSSR count). The van der Waals surface area contributed by atoms with E-state index in [4.69, 9.17) is 4.74 Å². The zero-order valence-electron chi connectivity index (χ0n) is 13.4. The van der Waals surface area contributed by atoms with Gasteiger partial charge in [0.2, 0.25) is 0 Å². The number of hydrogen-bond acceptors (Lipinski definition) is 3. The van der Waals surface area contributed by atoms with Gasteiger partial charge in [-0.2, -0.15) is 0 Å². The lowest BCUT2D eigenvalue weighted by molar-refractivity contribution is -0.901. The lowest BCUT2D eigenvalue weighted by Gasteiger charge is -2.15. The molecule has 0 spiro atoms. The average molecular weight is 328 g/mol. The largest absolute Gasteiger partial charge is 0.496 e. The molecule has 0 saturated carbocycles. The van der Waals surface area contributed by atoms with Gasteiger partial charge in [-0.1, -0.05) is 6.07 Å². The van der Waals surface area contributed by atoms with E-state index < -0.39 is 0 Å². The van der Waals surface area contributed by atoms with Gasteiger partial charge in [0.05, 0.1) is 20.2 Å². The number of carbonyl (C=O) groups excluding carboxylic acids is 1. The number of likely N-dealkylation sites (tertiary alicyclic amines) is 1. The lowest BCUT2D eigenvalue weighted by atomic mass is 10.1. The smallest absolute Gasteiger partial charge is 0.185 e. The first-order valence-corrected chi connectivity index (χ1v) is 8.90. The molecule has 1 aliphatic rings. The van der Waals surface area contributed by atoms with Crippen molar-refractivity contribution in [3.63, 3.8) is 0 Å². The van der Waals surface area contributed by atoms with Crippen molar-refractivity contribution in [3.8, 4) is 5.75 Å². The summed E-state index contributed by atoms with van der Waals surface area (Å²) in [6.07, 6.45) is 6.11. The Bertz CT molecular complexity index is 685. The Balaban J connectivity index is 1.77. The Hall–Kier alpha value is -1.91. The Kier molecular flexibility index (Phi) is 5.26. The average Bonchev–Trinajstić information content (AvgIpc) is 3.26. The van der Waals surface area contributed by atoms with Crippen LogP contribution in [0, 0.1) is 0 Å². The normalized spacial score (nSPS) is 15.3. The van der Waals surface area contributed by atoms with Crippen LogP contribution >= 0.6 is 11.3 Å². The quantitative estimate of drug-likeness (QED) is 0.653. The lowest BCUT2D eigenvalue weighted by Crippen LogP contribution is -3.08. The predicted octanol–water partition coefficient (Wildman–Crippen LogP) is 2.83. The van der Waals surface area contributed by atoms with Crippen LogP contribution in [0.5, 0.6) is 5.75 Å². The molecule has 1 saturated heterocycles. The maximum Gasteiger partial charge on any atom is 0.185 e. The predicted molar refractivity (Wildman–Crippen MR) is 94.3 cm³/mol. The van der Waals surface area contributed by atoms with Crippen LogP contribution in [0.4, 0.5) is 0 Å². The molecule has 2 heterocycles. The fraction of sp³-hybridized carbons (Fsp3) is 0.316. The summed E-state index contributed by atoms with van der Waals surface area (Å²) >= 11 is 1.63.